The summed E-state index contributed by atoms with van der Waals surface area (Å²) >= 11 is 0. The van der Waals surface area contributed by atoms with E-state index in [1.54, 1.807) is 95.6 Å². The zero-order valence-corrected chi connectivity index (χ0v) is 25.1. The summed E-state index contributed by atoms with van der Waals surface area (Å²) in [6.45, 7) is 0. The minimum atomic E-state index is -0.639. The molecule has 0 fully saturated rings. The van der Waals surface area contributed by atoms with E-state index in [0.29, 0.717) is 23.3 Å². The highest BCUT2D eigenvalue weighted by molar-refractivity contribution is 7.83. The normalized spacial score (nSPS) is 11.2. The molecule has 7 heterocycles. The summed E-state index contributed by atoms with van der Waals surface area (Å²) in [6.07, 6.45) is 9.89. The van der Waals surface area contributed by atoms with Gasteiger partial charge in [0.1, 0.15) is 23.3 Å². The molecule has 0 aliphatic carbocycles. The number of aromatic nitrogens is 9. The Kier molecular flexibility index (Phi) is 10.4. The first-order chi connectivity index (χ1) is 21.5. The number of anilines is 7. The number of rotatable bonds is 6. The summed E-state index contributed by atoms with van der Waals surface area (Å²) < 4.78 is 11.0. The Bertz CT molecular complexity index is 1730. The van der Waals surface area contributed by atoms with Gasteiger partial charge in [0, 0.05) is 48.1 Å². The topological polar surface area (TPSA) is 237 Å². The summed E-state index contributed by atoms with van der Waals surface area (Å²) in [5.41, 5.74) is 0. The molecule has 0 saturated heterocycles. The van der Waals surface area contributed by atoms with Crippen LogP contribution in [0.25, 0.3) is 11.1 Å². The highest BCUT2D eigenvalue weighted by Crippen LogP contribution is 2.33. The second kappa shape index (κ2) is 14.6. The zero-order valence-electron chi connectivity index (χ0n) is 24.3. The summed E-state index contributed by atoms with van der Waals surface area (Å²) in [7, 11) is -0.611. The quantitative estimate of drug-likeness (QED) is 0.258. The number of amides is 2. The number of nitrogens with one attached hydrogen (secondary N) is 1. The molecule has 0 radical (unpaired) electrons. The van der Waals surface area contributed by atoms with Crippen molar-refractivity contribution >= 4 is 69.7 Å². The maximum Gasteiger partial charge on any atom is 0.351 e. The Balaban J connectivity index is 0.000000758. The maximum atomic E-state index is 12.6. The number of carbonyl (C=O) groups excluding carboxylic acids is 1. The van der Waals surface area contributed by atoms with Crippen LogP contribution in [-0.2, 0) is 10.8 Å². The van der Waals surface area contributed by atoms with Crippen LogP contribution in [0, 0.1) is 0 Å². The molecule has 0 spiro atoms. The Morgan fingerprint density at radius 3 is 1.41 bits per heavy atom. The lowest BCUT2D eigenvalue weighted by atomic mass is 10.4. The first kappa shape index (κ1) is 32.8. The van der Waals surface area contributed by atoms with E-state index in [9.17, 15) is 9.00 Å². The van der Waals surface area contributed by atoms with Gasteiger partial charge in [-0.2, -0.15) is 25.3 Å². The lowest BCUT2D eigenvalue weighted by molar-refractivity contribution is -0.491. The molecule has 46 heavy (non-hydrogen) atoms. The van der Waals surface area contributed by atoms with Gasteiger partial charge in [-0.15, -0.1) is 0 Å². The number of nitrogens with zero attached hydrogens (tertiary/aromatic N) is 12. The number of hydrogen-bond acceptors (Lipinski definition) is 12. The van der Waals surface area contributed by atoms with E-state index in [4.69, 9.17) is 9.97 Å². The van der Waals surface area contributed by atoms with Crippen LogP contribution < -0.4 is 19.5 Å². The van der Waals surface area contributed by atoms with Crippen LogP contribution in [0.2, 0.25) is 0 Å². The van der Waals surface area contributed by atoms with E-state index in [-0.39, 0.29) is 40.5 Å². The van der Waals surface area contributed by atoms with Crippen molar-refractivity contribution in [3.05, 3.63) is 103 Å². The van der Waals surface area contributed by atoms with Crippen LogP contribution >= 0.6 is 0 Å². The summed E-state index contributed by atoms with van der Waals surface area (Å²) in [6, 6.07) is 21.1. The van der Waals surface area contributed by atoms with Crippen molar-refractivity contribution in [3.63, 3.8) is 0 Å². The molecule has 5 N–H and O–H groups in total. The van der Waals surface area contributed by atoms with Gasteiger partial charge in [-0.05, 0) is 48.5 Å². The van der Waals surface area contributed by atoms with E-state index >= 15 is 0 Å². The third-order valence-electron chi connectivity index (χ3n) is 5.75. The first-order valence-electron chi connectivity index (χ1n) is 13.0. The summed E-state index contributed by atoms with van der Waals surface area (Å²) in [4.78, 5) is 52.5. The van der Waals surface area contributed by atoms with Gasteiger partial charge in [0.15, 0.2) is 0 Å². The Labute approximate surface area is 264 Å². The Hall–Kier alpha value is -6.11. The van der Waals surface area contributed by atoms with Crippen molar-refractivity contribution in [2.75, 3.05) is 27.6 Å². The number of urea groups is 1. The lowest BCUT2D eigenvalue weighted by Gasteiger charge is -2.25. The van der Waals surface area contributed by atoms with Crippen LogP contribution in [0.5, 0.6) is 0 Å². The fourth-order valence-electron chi connectivity index (χ4n) is 4.08. The average Bonchev–Trinajstić information content (AvgIpc) is 3.03. The molecule has 7 rings (SSSR count). The van der Waals surface area contributed by atoms with Gasteiger partial charge in [0.05, 0.1) is 0 Å². The summed E-state index contributed by atoms with van der Waals surface area (Å²) in [5, 5.41) is 6.72. The molecule has 6 aromatic rings. The second-order valence-electron chi connectivity index (χ2n) is 9.01. The molecule has 1 aliphatic rings. The van der Waals surface area contributed by atoms with Crippen LogP contribution in [0.3, 0.4) is 0 Å². The van der Waals surface area contributed by atoms with Crippen molar-refractivity contribution in [3.8, 4) is 0 Å². The number of pyridine rings is 4. The van der Waals surface area contributed by atoms with E-state index in [2.05, 4.69) is 40.5 Å². The fraction of sp³-hybridized carbons (Fsp3) is 0.0714. The largest absolute Gasteiger partial charge is 0.412 e. The highest BCUT2D eigenvalue weighted by atomic mass is 32.2. The van der Waals surface area contributed by atoms with Crippen LogP contribution in [0.4, 0.5) is 51.9 Å². The third-order valence-corrected chi connectivity index (χ3v) is 5.75. The van der Waals surface area contributed by atoms with Gasteiger partial charge in [0.2, 0.25) is 29.6 Å². The lowest BCUT2D eigenvalue weighted by Crippen LogP contribution is -2.39. The predicted molar refractivity (Wildman–Crippen MR) is 171 cm³/mol. The number of carbonyl (C=O) groups is 1. The van der Waals surface area contributed by atoms with Gasteiger partial charge in [-0.1, -0.05) is 24.3 Å². The summed E-state index contributed by atoms with van der Waals surface area (Å²) in [5.74, 6) is 2.73. The number of hydrogen-bond donors (Lipinski definition) is 1. The molecule has 17 nitrogen and oxygen atoms in total. The first-order valence-corrected chi connectivity index (χ1v) is 15.0. The molecule has 1 aliphatic heterocycles. The maximum absolute atomic E-state index is 12.6. The Morgan fingerprint density at radius 2 is 1.04 bits per heavy atom. The molecule has 0 unspecified atom stereocenters. The molecule has 0 bridgehead atoms. The molecule has 2 amide bonds. The van der Waals surface area contributed by atoms with E-state index in [0.717, 1.165) is 0 Å². The van der Waals surface area contributed by atoms with E-state index in [1.165, 1.54) is 4.40 Å². The van der Waals surface area contributed by atoms with Crippen molar-refractivity contribution in [1.82, 2.24) is 39.9 Å². The standard InChI is InChI=1S/C26H17N13O.C2H6OS.2H2O/c40-26-35-24-33-21(37(17-9-1-5-13-27-17)18-10-2-6-14-28-18)31-23-32-22(34-25(36-26)39(23)24)38(19-11-3-7-15-29-19)20-12-4-8-16-30-20;1-4(2)3;;/h1-16H,(H,31,32,33,34,35,36,40);1-2H3;2*1H2. The second-order valence-corrected chi connectivity index (χ2v) is 10.5. The van der Waals surface area contributed by atoms with Gasteiger partial charge >= 0.3 is 6.03 Å². The molecule has 6 aromatic heterocycles. The van der Waals surface area contributed by atoms with Crippen molar-refractivity contribution < 1.29 is 24.4 Å². The molecular formula is C28H27N13O4S. The average molecular weight is 642 g/mol. The van der Waals surface area contributed by atoms with Crippen LogP contribution in [-0.4, -0.2) is 73.6 Å². The molecule has 0 aromatic carbocycles. The SMILES string of the molecule is CS(C)=O.O.O.O=C1[N-]c2nc(N(c3ccccn3)c3ccccn3)nc3nc(N(c4ccccn4)c4ccccn4)nc([n+]23)N1. The monoisotopic (exact) mass is 641 g/mol. The van der Waals surface area contributed by atoms with Crippen molar-refractivity contribution in [2.24, 2.45) is 0 Å². The molecule has 18 heteroatoms. The van der Waals surface area contributed by atoms with Gasteiger partial charge in [-0.25, -0.2) is 38.9 Å². The zero-order chi connectivity index (χ0) is 30.5. The smallest absolute Gasteiger partial charge is 0.351 e. The van der Waals surface area contributed by atoms with Gasteiger partial charge in [-0.3, -0.25) is 9.53 Å². The van der Waals surface area contributed by atoms with Gasteiger partial charge in [0.25, 0.3) is 0 Å². The molecule has 234 valence electrons. The van der Waals surface area contributed by atoms with E-state index < -0.39 is 16.8 Å². The van der Waals surface area contributed by atoms with Crippen molar-refractivity contribution in [1.29, 1.82) is 0 Å². The third kappa shape index (κ3) is 6.99. The molecule has 0 atom stereocenters. The highest BCUT2D eigenvalue weighted by Gasteiger charge is 2.29. The predicted octanol–water partition coefficient (Wildman–Crippen LogP) is 2.42. The molecule has 0 saturated carbocycles. The Morgan fingerprint density at radius 1 is 0.652 bits per heavy atom. The molecular weight excluding hydrogens is 614 g/mol. The van der Waals surface area contributed by atoms with Crippen LogP contribution in [0.15, 0.2) is 97.6 Å². The van der Waals surface area contributed by atoms with Crippen LogP contribution in [0.1, 0.15) is 0 Å². The van der Waals surface area contributed by atoms with E-state index in [1.807, 2.05) is 24.3 Å². The minimum absolute atomic E-state index is 0. The van der Waals surface area contributed by atoms with Gasteiger partial charge < -0.3 is 11.0 Å². The van der Waals surface area contributed by atoms with Crippen molar-refractivity contribution in [2.45, 2.75) is 0 Å². The minimum Gasteiger partial charge on any atom is -0.412 e. The fourth-order valence-corrected chi connectivity index (χ4v) is 4.08.